The number of ether oxygens (including phenoxy) is 1. The number of morpholine rings is 1. The fourth-order valence-electron chi connectivity index (χ4n) is 2.17. The molecule has 0 amide bonds. The molecule has 0 aliphatic carbocycles. The molecule has 0 unspecified atom stereocenters. The van der Waals surface area contributed by atoms with Gasteiger partial charge >= 0.3 is 0 Å². The normalized spacial score (nSPS) is 20.6. The maximum atomic E-state index is 5.69. The fraction of sp³-hybridized carbons (Fsp3) is 0.692. The summed E-state index contributed by atoms with van der Waals surface area (Å²) >= 11 is 0. The molecule has 0 atom stereocenters. The molecule has 1 aromatic rings. The van der Waals surface area contributed by atoms with Crippen molar-refractivity contribution < 1.29 is 9.15 Å². The Bertz CT molecular complexity index is 322. The van der Waals surface area contributed by atoms with Gasteiger partial charge in [-0.15, -0.1) is 0 Å². The summed E-state index contributed by atoms with van der Waals surface area (Å²) < 4.78 is 10.7. The van der Waals surface area contributed by atoms with E-state index < -0.39 is 0 Å². The molecule has 4 heteroatoms. The Morgan fingerprint density at radius 1 is 1.47 bits per heavy atom. The van der Waals surface area contributed by atoms with Crippen molar-refractivity contribution in [3.63, 3.8) is 0 Å². The molecule has 1 aliphatic rings. The maximum absolute atomic E-state index is 5.69. The molecule has 96 valence electrons. The van der Waals surface area contributed by atoms with Crippen LogP contribution in [0.15, 0.2) is 23.0 Å². The first-order chi connectivity index (χ1) is 8.16. The molecule has 1 N–H and O–H groups in total. The van der Waals surface area contributed by atoms with Crippen molar-refractivity contribution >= 4 is 0 Å². The molecule has 0 saturated carbocycles. The molecule has 0 aromatic carbocycles. The van der Waals surface area contributed by atoms with Crippen LogP contribution in [0.4, 0.5) is 0 Å². The van der Waals surface area contributed by atoms with Crippen molar-refractivity contribution in [1.82, 2.24) is 10.2 Å². The molecular formula is C13H22N2O2. The molecular weight excluding hydrogens is 216 g/mol. The molecule has 4 nitrogen and oxygen atoms in total. The largest absolute Gasteiger partial charge is 0.472 e. The number of hydrogen-bond donors (Lipinski definition) is 1. The Kier molecular flexibility index (Phi) is 4.20. The van der Waals surface area contributed by atoms with Crippen LogP contribution in [-0.2, 0) is 11.3 Å². The third-order valence-corrected chi connectivity index (χ3v) is 3.02. The highest BCUT2D eigenvalue weighted by Crippen LogP contribution is 2.15. The number of nitrogens with one attached hydrogen (secondary N) is 1. The first-order valence-electron chi connectivity index (χ1n) is 6.24. The van der Waals surface area contributed by atoms with E-state index >= 15 is 0 Å². The van der Waals surface area contributed by atoms with E-state index in [9.17, 15) is 0 Å². The van der Waals surface area contributed by atoms with E-state index in [0.717, 1.165) is 39.3 Å². The molecule has 17 heavy (non-hydrogen) atoms. The van der Waals surface area contributed by atoms with Crippen molar-refractivity contribution in [3.05, 3.63) is 24.2 Å². The van der Waals surface area contributed by atoms with Gasteiger partial charge in [-0.2, -0.15) is 0 Å². The molecule has 0 bridgehead atoms. The van der Waals surface area contributed by atoms with Crippen molar-refractivity contribution in [3.8, 4) is 0 Å². The van der Waals surface area contributed by atoms with Crippen LogP contribution in [0.3, 0.4) is 0 Å². The van der Waals surface area contributed by atoms with Crippen LogP contribution in [0, 0.1) is 0 Å². The topological polar surface area (TPSA) is 37.6 Å². The zero-order valence-electron chi connectivity index (χ0n) is 10.7. The van der Waals surface area contributed by atoms with E-state index in [1.54, 1.807) is 12.5 Å². The van der Waals surface area contributed by atoms with Crippen LogP contribution in [0.5, 0.6) is 0 Å². The van der Waals surface area contributed by atoms with E-state index in [-0.39, 0.29) is 5.60 Å². The van der Waals surface area contributed by atoms with E-state index in [1.165, 1.54) is 5.56 Å². The van der Waals surface area contributed by atoms with Gasteiger partial charge in [-0.3, -0.25) is 4.90 Å². The lowest BCUT2D eigenvalue weighted by atomic mass is 10.1. The Morgan fingerprint density at radius 2 is 2.35 bits per heavy atom. The summed E-state index contributed by atoms with van der Waals surface area (Å²) in [4.78, 5) is 2.45. The number of rotatable bonds is 5. The minimum atomic E-state index is 0.00279. The monoisotopic (exact) mass is 238 g/mol. The van der Waals surface area contributed by atoms with Crippen molar-refractivity contribution in [2.75, 3.05) is 32.8 Å². The zero-order valence-corrected chi connectivity index (χ0v) is 10.7. The van der Waals surface area contributed by atoms with Gasteiger partial charge in [-0.1, -0.05) is 0 Å². The lowest BCUT2D eigenvalue weighted by molar-refractivity contribution is -0.0854. The fourth-order valence-corrected chi connectivity index (χ4v) is 2.17. The van der Waals surface area contributed by atoms with E-state index in [4.69, 9.17) is 9.15 Å². The van der Waals surface area contributed by atoms with Gasteiger partial charge in [-0.25, -0.2) is 0 Å². The highest BCUT2D eigenvalue weighted by Gasteiger charge is 2.26. The predicted molar refractivity (Wildman–Crippen MR) is 66.9 cm³/mol. The quantitative estimate of drug-likeness (QED) is 0.789. The molecule has 0 spiro atoms. The van der Waals surface area contributed by atoms with Gasteiger partial charge in [0.2, 0.25) is 0 Å². The average molecular weight is 238 g/mol. The molecule has 1 aliphatic heterocycles. The second-order valence-electron chi connectivity index (χ2n) is 5.19. The number of hydrogen-bond acceptors (Lipinski definition) is 4. The highest BCUT2D eigenvalue weighted by atomic mass is 16.5. The summed E-state index contributed by atoms with van der Waals surface area (Å²) in [6.07, 6.45) is 3.49. The highest BCUT2D eigenvalue weighted by molar-refractivity contribution is 5.04. The van der Waals surface area contributed by atoms with E-state index in [1.807, 2.05) is 6.07 Å². The third kappa shape index (κ3) is 4.15. The smallest absolute Gasteiger partial charge is 0.0947 e. The third-order valence-electron chi connectivity index (χ3n) is 3.02. The SMILES string of the molecule is CC1(C)CN(CCNCc2ccoc2)CCO1. The van der Waals surface area contributed by atoms with Crippen LogP contribution < -0.4 is 5.32 Å². The molecule has 1 saturated heterocycles. The Labute approximate surface area is 103 Å². The number of furan rings is 1. The minimum absolute atomic E-state index is 0.00279. The van der Waals surface area contributed by atoms with Crippen molar-refractivity contribution in [2.45, 2.75) is 26.0 Å². The number of nitrogens with zero attached hydrogens (tertiary/aromatic N) is 1. The van der Waals surface area contributed by atoms with Crippen LogP contribution in [-0.4, -0.2) is 43.3 Å². The van der Waals surface area contributed by atoms with Crippen LogP contribution in [0.25, 0.3) is 0 Å². The minimum Gasteiger partial charge on any atom is -0.472 e. The summed E-state index contributed by atoms with van der Waals surface area (Å²) in [7, 11) is 0. The van der Waals surface area contributed by atoms with Gasteiger partial charge in [0.25, 0.3) is 0 Å². The van der Waals surface area contributed by atoms with Gasteiger partial charge in [0.15, 0.2) is 0 Å². The van der Waals surface area contributed by atoms with Crippen molar-refractivity contribution in [2.24, 2.45) is 0 Å². The Balaban J connectivity index is 1.62. The molecule has 0 radical (unpaired) electrons. The second kappa shape index (κ2) is 5.67. The Hall–Kier alpha value is -0.840. The van der Waals surface area contributed by atoms with E-state index in [2.05, 4.69) is 24.1 Å². The van der Waals surface area contributed by atoms with Gasteiger partial charge in [-0.05, 0) is 19.9 Å². The summed E-state index contributed by atoms with van der Waals surface area (Å²) in [5.41, 5.74) is 1.20. The van der Waals surface area contributed by atoms with Crippen LogP contribution in [0.2, 0.25) is 0 Å². The van der Waals surface area contributed by atoms with E-state index in [0.29, 0.717) is 0 Å². The summed E-state index contributed by atoms with van der Waals surface area (Å²) in [6, 6.07) is 1.99. The summed E-state index contributed by atoms with van der Waals surface area (Å²) in [5.74, 6) is 0. The average Bonchev–Trinajstić information content (AvgIpc) is 2.76. The molecule has 1 fully saturated rings. The zero-order chi connectivity index (χ0) is 12.1. The van der Waals surface area contributed by atoms with Gasteiger partial charge in [0.05, 0.1) is 24.7 Å². The van der Waals surface area contributed by atoms with Gasteiger partial charge in [0.1, 0.15) is 0 Å². The van der Waals surface area contributed by atoms with Crippen LogP contribution >= 0.6 is 0 Å². The van der Waals surface area contributed by atoms with Gasteiger partial charge in [0, 0.05) is 38.3 Å². The predicted octanol–water partition coefficient (Wildman–Crippen LogP) is 1.48. The first kappa shape index (κ1) is 12.6. The first-order valence-corrected chi connectivity index (χ1v) is 6.24. The Morgan fingerprint density at radius 3 is 3.06 bits per heavy atom. The lowest BCUT2D eigenvalue weighted by Crippen LogP contribution is -2.49. The summed E-state index contributed by atoms with van der Waals surface area (Å²) in [6.45, 7) is 10.2. The second-order valence-corrected chi connectivity index (χ2v) is 5.19. The van der Waals surface area contributed by atoms with Crippen LogP contribution in [0.1, 0.15) is 19.4 Å². The molecule has 2 rings (SSSR count). The standard InChI is InChI=1S/C13H22N2O2/c1-13(2)11-15(6-8-17-13)5-4-14-9-12-3-7-16-10-12/h3,7,10,14H,4-6,8-9,11H2,1-2H3. The maximum Gasteiger partial charge on any atom is 0.0947 e. The van der Waals surface area contributed by atoms with Crippen molar-refractivity contribution in [1.29, 1.82) is 0 Å². The molecule has 2 heterocycles. The molecule has 1 aromatic heterocycles. The van der Waals surface area contributed by atoms with Gasteiger partial charge < -0.3 is 14.5 Å². The lowest BCUT2D eigenvalue weighted by Gasteiger charge is -2.38. The summed E-state index contributed by atoms with van der Waals surface area (Å²) in [5, 5.41) is 3.42.